The highest BCUT2D eigenvalue weighted by Gasteiger charge is 2.63. The van der Waals surface area contributed by atoms with Gasteiger partial charge in [0, 0.05) is 43.3 Å². The fourth-order valence-corrected chi connectivity index (χ4v) is 7.00. The van der Waals surface area contributed by atoms with Crippen LogP contribution in [-0.2, 0) is 18.9 Å². The topological polar surface area (TPSA) is 136 Å². The van der Waals surface area contributed by atoms with Gasteiger partial charge in [0.15, 0.2) is 17.2 Å². The fraction of sp³-hybridized carbons (Fsp3) is 0.394. The molecule has 12 nitrogen and oxygen atoms in total. The number of hydrogen-bond acceptors (Lipinski definition) is 10. The molecule has 1 aromatic heterocycles. The molecule has 46 heavy (non-hydrogen) atoms. The van der Waals surface area contributed by atoms with E-state index in [1.165, 1.54) is 39.0 Å². The second-order valence-electron chi connectivity index (χ2n) is 11.9. The first-order valence-electron chi connectivity index (χ1n) is 14.7. The molecular formula is C33H34ClN3O9. The lowest BCUT2D eigenvalue weighted by Crippen LogP contribution is -2.58. The highest BCUT2D eigenvalue weighted by Crippen LogP contribution is 2.56. The number of nitrogens with zero attached hydrogens (tertiary/aromatic N) is 2. The number of methoxy groups -OCH3 is 3. The van der Waals surface area contributed by atoms with Crippen LogP contribution in [0, 0.1) is 5.92 Å². The van der Waals surface area contributed by atoms with Crippen molar-refractivity contribution in [3.05, 3.63) is 78.1 Å². The van der Waals surface area contributed by atoms with Gasteiger partial charge in [0.05, 0.1) is 33.0 Å². The molecule has 0 bridgehead atoms. The van der Waals surface area contributed by atoms with Gasteiger partial charge in [-0.05, 0) is 38.0 Å². The molecule has 2 aliphatic heterocycles. The second kappa shape index (κ2) is 11.0. The molecule has 6 rings (SSSR count). The van der Waals surface area contributed by atoms with Crippen molar-refractivity contribution in [1.82, 2.24) is 9.13 Å². The van der Waals surface area contributed by atoms with Gasteiger partial charge in [-0.2, -0.15) is 0 Å². The molecule has 3 aromatic rings. The summed E-state index contributed by atoms with van der Waals surface area (Å²) in [6.07, 6.45) is 0.0226. The number of fused-ring (bicyclic) bond motifs is 2. The Kier molecular flexibility index (Phi) is 7.46. The van der Waals surface area contributed by atoms with Gasteiger partial charge in [-0.15, -0.1) is 0 Å². The van der Waals surface area contributed by atoms with Crippen molar-refractivity contribution in [3.8, 4) is 28.7 Å². The van der Waals surface area contributed by atoms with Crippen LogP contribution in [0.5, 0.6) is 28.7 Å². The minimum Gasteiger partial charge on any atom is -0.496 e. The minimum atomic E-state index is -2.02. The molecule has 3 atom stereocenters. The number of halogens is 1. The number of hydrogen-bond donors (Lipinski definition) is 1. The number of allylic oxidation sites excluding steroid dienone is 1. The SMILES string of the molecule is COc1cc([C@@H]2C3=C(C[C@@H](C)[C@]4(Oc5c(Cl)c(OC)cc(OC)c5C4=O)C3=O)Nc3c2c(=O)n(C)c(=O)n3C)ccc1OC(C)C. The Labute approximate surface area is 269 Å². The molecule has 0 amide bonds. The first kappa shape index (κ1) is 31.3. The molecule has 242 valence electrons. The van der Waals surface area contributed by atoms with Crippen LogP contribution in [0.25, 0.3) is 0 Å². The maximum Gasteiger partial charge on any atom is 0.332 e. The molecular weight excluding hydrogens is 618 g/mol. The van der Waals surface area contributed by atoms with Crippen molar-refractivity contribution < 1.29 is 33.3 Å². The maximum absolute atomic E-state index is 15.1. The third-order valence-corrected chi connectivity index (χ3v) is 9.32. The molecule has 2 aromatic carbocycles. The number of ether oxygens (including phenoxy) is 5. The quantitative estimate of drug-likeness (QED) is 0.390. The van der Waals surface area contributed by atoms with Gasteiger partial charge in [-0.25, -0.2) is 4.79 Å². The standard InChI is InChI=1S/C33H34ClN3O9/c1-14(2)45-18-10-9-16(12-19(18)42-6)22-23-17(35-30-25(22)31(40)37(5)32(41)36(30)4)11-15(3)33(28(23)38)29(39)24-20(43-7)13-21(44-8)26(34)27(24)46-33/h9-10,12-15,22,35H,11H2,1-8H3/t15-,22-,33+/m1/s1. The number of anilines is 1. The van der Waals surface area contributed by atoms with E-state index in [1.54, 1.807) is 32.2 Å². The van der Waals surface area contributed by atoms with Crippen LogP contribution in [0.3, 0.4) is 0 Å². The first-order valence-corrected chi connectivity index (χ1v) is 15.1. The Morgan fingerprint density at radius 3 is 2.24 bits per heavy atom. The number of aromatic nitrogens is 2. The zero-order valence-electron chi connectivity index (χ0n) is 26.7. The first-order chi connectivity index (χ1) is 21.8. The molecule has 13 heteroatoms. The van der Waals surface area contributed by atoms with Crippen molar-refractivity contribution in [3.63, 3.8) is 0 Å². The van der Waals surface area contributed by atoms with Gasteiger partial charge in [0.25, 0.3) is 5.56 Å². The number of nitrogens with one attached hydrogen (secondary N) is 1. The van der Waals surface area contributed by atoms with Crippen LogP contribution >= 0.6 is 11.6 Å². The van der Waals surface area contributed by atoms with E-state index in [4.69, 9.17) is 35.3 Å². The van der Waals surface area contributed by atoms with Crippen molar-refractivity contribution in [2.45, 2.75) is 44.8 Å². The average Bonchev–Trinajstić information content (AvgIpc) is 3.35. The zero-order chi connectivity index (χ0) is 33.4. The van der Waals surface area contributed by atoms with E-state index in [2.05, 4.69) is 5.32 Å². The van der Waals surface area contributed by atoms with E-state index in [-0.39, 0.29) is 57.3 Å². The highest BCUT2D eigenvalue weighted by atomic mass is 35.5. The summed E-state index contributed by atoms with van der Waals surface area (Å²) in [5, 5.41) is 3.24. The summed E-state index contributed by atoms with van der Waals surface area (Å²) in [7, 11) is 7.23. The van der Waals surface area contributed by atoms with E-state index in [1.807, 2.05) is 13.8 Å². The monoisotopic (exact) mass is 651 g/mol. The lowest BCUT2D eigenvalue weighted by molar-refractivity contribution is -0.130. The van der Waals surface area contributed by atoms with Crippen LogP contribution < -0.4 is 40.3 Å². The number of rotatable bonds is 6. The smallest absolute Gasteiger partial charge is 0.332 e. The fourth-order valence-electron chi connectivity index (χ4n) is 6.74. The predicted molar refractivity (Wildman–Crippen MR) is 169 cm³/mol. The van der Waals surface area contributed by atoms with Crippen molar-refractivity contribution in [2.24, 2.45) is 20.0 Å². The lowest BCUT2D eigenvalue weighted by atomic mass is 9.66. The van der Waals surface area contributed by atoms with Crippen LogP contribution in [0.4, 0.5) is 5.82 Å². The molecule has 0 unspecified atom stereocenters. The molecule has 0 radical (unpaired) electrons. The van der Waals surface area contributed by atoms with Crippen molar-refractivity contribution in [1.29, 1.82) is 0 Å². The largest absolute Gasteiger partial charge is 0.496 e. The summed E-state index contributed by atoms with van der Waals surface area (Å²) in [6.45, 7) is 5.50. The molecule has 1 aliphatic carbocycles. The second-order valence-corrected chi connectivity index (χ2v) is 12.3. The van der Waals surface area contributed by atoms with Gasteiger partial charge in [0.2, 0.25) is 17.2 Å². The summed E-state index contributed by atoms with van der Waals surface area (Å²) in [4.78, 5) is 56.4. The molecule has 0 saturated carbocycles. The lowest BCUT2D eigenvalue weighted by Gasteiger charge is -2.42. The van der Waals surface area contributed by atoms with Crippen molar-refractivity contribution >= 4 is 29.0 Å². The summed E-state index contributed by atoms with van der Waals surface area (Å²) >= 11 is 6.63. The molecule has 1 spiro atoms. The minimum absolute atomic E-state index is 0.0111. The Bertz CT molecular complexity index is 1990. The highest BCUT2D eigenvalue weighted by molar-refractivity contribution is 6.36. The van der Waals surface area contributed by atoms with Gasteiger partial charge < -0.3 is 29.0 Å². The molecule has 1 N–H and O–H groups in total. The zero-order valence-corrected chi connectivity index (χ0v) is 27.5. The van der Waals surface area contributed by atoms with Crippen LogP contribution in [0.2, 0.25) is 5.02 Å². The summed E-state index contributed by atoms with van der Waals surface area (Å²) in [5.41, 5.74) is -1.83. The number of ketones is 2. The number of carbonyl (C=O) groups is 2. The Balaban J connectivity index is 1.61. The summed E-state index contributed by atoms with van der Waals surface area (Å²) in [5.74, 6) is -1.50. The van der Waals surface area contributed by atoms with Crippen LogP contribution in [0.15, 0.2) is 45.1 Å². The van der Waals surface area contributed by atoms with Crippen molar-refractivity contribution in [2.75, 3.05) is 26.6 Å². The summed E-state index contributed by atoms with van der Waals surface area (Å²) in [6, 6.07) is 6.62. The van der Waals surface area contributed by atoms with Gasteiger partial charge >= 0.3 is 5.69 Å². The van der Waals surface area contributed by atoms with Gasteiger partial charge in [0.1, 0.15) is 27.9 Å². The Morgan fingerprint density at radius 2 is 1.61 bits per heavy atom. The summed E-state index contributed by atoms with van der Waals surface area (Å²) < 4.78 is 31.2. The van der Waals surface area contributed by atoms with E-state index in [9.17, 15) is 14.4 Å². The number of carbonyl (C=O) groups excluding carboxylic acids is 2. The average molecular weight is 652 g/mol. The Morgan fingerprint density at radius 1 is 0.935 bits per heavy atom. The number of benzene rings is 2. The molecule has 0 saturated heterocycles. The van der Waals surface area contributed by atoms with E-state index < -0.39 is 40.3 Å². The van der Waals surface area contributed by atoms with E-state index in [0.717, 1.165) is 4.57 Å². The normalized spacial score (nSPS) is 21.4. The third-order valence-electron chi connectivity index (χ3n) is 8.96. The predicted octanol–water partition coefficient (Wildman–Crippen LogP) is 3.98. The van der Waals surface area contributed by atoms with E-state index in [0.29, 0.717) is 22.8 Å². The third kappa shape index (κ3) is 4.19. The van der Waals surface area contributed by atoms with Crippen LogP contribution in [-0.4, -0.2) is 53.7 Å². The molecule has 3 aliphatic rings. The molecule has 0 fully saturated rings. The molecule has 3 heterocycles. The maximum atomic E-state index is 15.1. The Hall–Kier alpha value is -4.71. The van der Waals surface area contributed by atoms with Crippen LogP contribution in [0.1, 0.15) is 54.6 Å². The number of Topliss-reactive ketones (excluding diaryl/α,β-unsaturated/α-hetero) is 2. The van der Waals surface area contributed by atoms with Gasteiger partial charge in [-0.1, -0.05) is 24.6 Å². The van der Waals surface area contributed by atoms with Gasteiger partial charge in [-0.3, -0.25) is 23.5 Å². The van der Waals surface area contributed by atoms with E-state index >= 15 is 4.79 Å².